The van der Waals surface area contributed by atoms with Gasteiger partial charge in [0, 0.05) is 5.41 Å². The van der Waals surface area contributed by atoms with Crippen LogP contribution in [-0.2, 0) is 4.74 Å². The number of rotatable bonds is 1. The minimum absolute atomic E-state index is 0.0706. The topological polar surface area (TPSA) is 41.8 Å². The number of hydrogen-bond acceptors (Lipinski definition) is 3. The van der Waals surface area contributed by atoms with Crippen LogP contribution in [0, 0.1) is 46.8 Å². The molecule has 0 aromatic carbocycles. The average Bonchev–Trinajstić information content (AvgIpc) is 3.27. The van der Waals surface area contributed by atoms with E-state index in [1.54, 1.807) is 5.57 Å². The molecule has 3 nitrogen and oxygen atoms in total. The number of oxime groups is 1. The maximum atomic E-state index is 9.25. The van der Waals surface area contributed by atoms with E-state index in [4.69, 9.17) is 4.74 Å². The lowest BCUT2D eigenvalue weighted by molar-refractivity contribution is -0.150. The summed E-state index contributed by atoms with van der Waals surface area (Å²) in [6, 6.07) is 0. The number of nitrogens with zero attached hydrogens (tertiary/aromatic N) is 1. The summed E-state index contributed by atoms with van der Waals surface area (Å²) >= 11 is 0. The van der Waals surface area contributed by atoms with Gasteiger partial charge in [-0.15, -0.1) is 0 Å². The van der Waals surface area contributed by atoms with E-state index in [2.05, 4.69) is 37.2 Å². The van der Waals surface area contributed by atoms with E-state index in [-0.39, 0.29) is 5.60 Å². The summed E-state index contributed by atoms with van der Waals surface area (Å²) in [4.78, 5) is 0. The lowest BCUT2D eigenvalue weighted by Crippen LogP contribution is -2.57. The van der Waals surface area contributed by atoms with Crippen molar-refractivity contribution in [3.05, 3.63) is 23.8 Å². The Kier molecular flexibility index (Phi) is 3.42. The Bertz CT molecular complexity index is 753. The zero-order valence-electron chi connectivity index (χ0n) is 16.7. The molecule has 27 heavy (non-hydrogen) atoms. The summed E-state index contributed by atoms with van der Waals surface area (Å²) < 4.78 is 6.60. The zero-order valence-corrected chi connectivity index (χ0v) is 16.7. The molecule has 6 aliphatic rings. The Morgan fingerprint density at radius 3 is 2.93 bits per heavy atom. The highest BCUT2D eigenvalue weighted by Crippen LogP contribution is 2.79. The van der Waals surface area contributed by atoms with E-state index in [9.17, 15) is 5.21 Å². The van der Waals surface area contributed by atoms with Crippen molar-refractivity contribution < 1.29 is 9.94 Å². The maximum absolute atomic E-state index is 9.25. The van der Waals surface area contributed by atoms with E-state index >= 15 is 0 Å². The molecule has 1 aliphatic heterocycles. The van der Waals surface area contributed by atoms with Gasteiger partial charge in [-0.2, -0.15) is 0 Å². The van der Waals surface area contributed by atoms with Gasteiger partial charge in [-0.05, 0) is 92.4 Å². The van der Waals surface area contributed by atoms with Gasteiger partial charge in [-0.25, -0.2) is 0 Å². The fourth-order valence-electron chi connectivity index (χ4n) is 9.14. The van der Waals surface area contributed by atoms with Gasteiger partial charge in [0.05, 0.1) is 17.9 Å². The van der Waals surface area contributed by atoms with E-state index in [1.165, 1.54) is 38.5 Å². The zero-order chi connectivity index (χ0) is 18.4. The molecular formula is C24H33NO2. The normalized spacial score (nSPS) is 56.4. The monoisotopic (exact) mass is 367 g/mol. The fourth-order valence-corrected chi connectivity index (χ4v) is 9.14. The largest absolute Gasteiger partial charge is 0.411 e. The van der Waals surface area contributed by atoms with Crippen molar-refractivity contribution in [1.82, 2.24) is 0 Å². The van der Waals surface area contributed by atoms with Gasteiger partial charge in [0.25, 0.3) is 0 Å². The second-order valence-corrected chi connectivity index (χ2v) is 10.5. The molecule has 3 heteroatoms. The van der Waals surface area contributed by atoms with Crippen molar-refractivity contribution in [3.63, 3.8) is 0 Å². The van der Waals surface area contributed by atoms with Crippen molar-refractivity contribution in [3.8, 4) is 0 Å². The summed E-state index contributed by atoms with van der Waals surface area (Å²) in [5.41, 5.74) is 2.94. The van der Waals surface area contributed by atoms with Gasteiger partial charge in [-0.3, -0.25) is 0 Å². The summed E-state index contributed by atoms with van der Waals surface area (Å²) in [5, 5.41) is 12.8. The van der Waals surface area contributed by atoms with Crippen molar-refractivity contribution in [2.45, 2.75) is 64.4 Å². The van der Waals surface area contributed by atoms with E-state index in [0.29, 0.717) is 5.41 Å². The van der Waals surface area contributed by atoms with Crippen LogP contribution in [0.15, 0.2) is 29.0 Å². The van der Waals surface area contributed by atoms with E-state index < -0.39 is 0 Å². The summed E-state index contributed by atoms with van der Waals surface area (Å²) in [6.45, 7) is 5.79. The van der Waals surface area contributed by atoms with Crippen LogP contribution in [0.4, 0.5) is 0 Å². The molecule has 5 aliphatic carbocycles. The Morgan fingerprint density at radius 1 is 1.30 bits per heavy atom. The van der Waals surface area contributed by atoms with Crippen LogP contribution in [-0.4, -0.2) is 23.1 Å². The quantitative estimate of drug-likeness (QED) is 0.393. The molecule has 0 radical (unpaired) electrons. The predicted molar refractivity (Wildman–Crippen MR) is 106 cm³/mol. The van der Waals surface area contributed by atoms with Gasteiger partial charge >= 0.3 is 0 Å². The molecule has 4 fully saturated rings. The third-order valence-corrected chi connectivity index (χ3v) is 9.92. The molecule has 146 valence electrons. The average molecular weight is 368 g/mol. The SMILES string of the molecule is CC[C@]12CCC3C(C(C)CC4=C/C(=N/O)CC[C@@H]43)C1C1CC1[C@@]21C=CCO1. The molecule has 6 unspecified atom stereocenters. The predicted octanol–water partition coefficient (Wildman–Crippen LogP) is 5.21. The highest BCUT2D eigenvalue weighted by molar-refractivity contribution is 5.96. The second kappa shape index (κ2) is 5.49. The van der Waals surface area contributed by atoms with Crippen LogP contribution in [0.1, 0.15) is 58.8 Å². The van der Waals surface area contributed by atoms with Gasteiger partial charge in [0.2, 0.25) is 0 Å². The molecule has 1 spiro atoms. The highest BCUT2D eigenvalue weighted by Gasteiger charge is 2.77. The third kappa shape index (κ3) is 1.90. The first-order valence-corrected chi connectivity index (χ1v) is 11.4. The van der Waals surface area contributed by atoms with Crippen LogP contribution in [0.3, 0.4) is 0 Å². The molecule has 0 aromatic heterocycles. The first-order chi connectivity index (χ1) is 13.1. The molecule has 1 N–H and O–H groups in total. The Labute approximate surface area is 162 Å². The van der Waals surface area contributed by atoms with Crippen molar-refractivity contribution in [2.24, 2.45) is 52.0 Å². The van der Waals surface area contributed by atoms with Gasteiger partial charge in [0.15, 0.2) is 0 Å². The second-order valence-electron chi connectivity index (χ2n) is 10.5. The molecule has 0 amide bonds. The molecule has 0 saturated heterocycles. The molecule has 0 aromatic rings. The van der Waals surface area contributed by atoms with Crippen LogP contribution in [0.5, 0.6) is 0 Å². The minimum atomic E-state index is 0.0706. The van der Waals surface area contributed by atoms with Crippen LogP contribution < -0.4 is 0 Å². The summed E-state index contributed by atoms with van der Waals surface area (Å²) in [5.74, 6) is 5.75. The van der Waals surface area contributed by atoms with E-state index in [1.807, 2.05) is 0 Å². The lowest BCUT2D eigenvalue weighted by Gasteiger charge is -2.60. The molecule has 6 rings (SSSR count). The van der Waals surface area contributed by atoms with Crippen LogP contribution in [0.2, 0.25) is 0 Å². The van der Waals surface area contributed by atoms with Crippen molar-refractivity contribution >= 4 is 5.71 Å². The minimum Gasteiger partial charge on any atom is -0.411 e. The lowest BCUT2D eigenvalue weighted by atomic mass is 9.46. The molecule has 0 bridgehead atoms. The van der Waals surface area contributed by atoms with Crippen molar-refractivity contribution in [2.75, 3.05) is 6.61 Å². The number of fused-ring (bicyclic) bond motifs is 9. The Hall–Kier alpha value is -1.09. The van der Waals surface area contributed by atoms with Gasteiger partial charge in [0.1, 0.15) is 0 Å². The standard InChI is InChI=1S/C24H33NO2/c1-3-23-9-7-18-17-6-5-16(25-26)12-15(17)11-14(2)21(18)22(23)19-13-20(19)24(23)8-4-10-27-24/h4,8,12,14,17-22,26H,3,5-7,9-11,13H2,1-2H3/b25-16+/t14?,17-,18?,19?,20?,21?,22?,23-,24-/m0/s1. The number of allylic oxidation sites excluding steroid dienone is 2. The maximum Gasteiger partial charge on any atom is 0.0957 e. The number of ether oxygens (including phenoxy) is 1. The van der Waals surface area contributed by atoms with Crippen molar-refractivity contribution in [1.29, 1.82) is 0 Å². The molecule has 9 atom stereocenters. The highest BCUT2D eigenvalue weighted by atomic mass is 16.5. The summed E-state index contributed by atoms with van der Waals surface area (Å²) in [7, 11) is 0. The van der Waals surface area contributed by atoms with Crippen LogP contribution >= 0.6 is 0 Å². The molecule has 4 saturated carbocycles. The Balaban J connectivity index is 1.41. The van der Waals surface area contributed by atoms with Crippen LogP contribution in [0.25, 0.3) is 0 Å². The molecule has 1 heterocycles. The molecular weight excluding hydrogens is 334 g/mol. The Morgan fingerprint density at radius 2 is 2.19 bits per heavy atom. The first kappa shape index (κ1) is 16.8. The van der Waals surface area contributed by atoms with Gasteiger partial charge < -0.3 is 9.94 Å². The van der Waals surface area contributed by atoms with E-state index in [0.717, 1.165) is 60.2 Å². The van der Waals surface area contributed by atoms with Gasteiger partial charge in [-0.1, -0.05) is 36.7 Å². The smallest absolute Gasteiger partial charge is 0.0957 e. The fraction of sp³-hybridized carbons (Fsp3) is 0.792. The first-order valence-electron chi connectivity index (χ1n) is 11.4. The third-order valence-electron chi connectivity index (χ3n) is 9.92. The number of hydrogen-bond donors (Lipinski definition) is 1. The summed E-state index contributed by atoms with van der Waals surface area (Å²) in [6.07, 6.45) is 15.8.